The zero-order valence-electron chi connectivity index (χ0n) is 8.35. The molecule has 0 aliphatic carbocycles. The van der Waals surface area contributed by atoms with E-state index in [4.69, 9.17) is 11.8 Å². The highest BCUT2D eigenvalue weighted by atomic mass is 35.5. The molecule has 0 aromatic heterocycles. The van der Waals surface area contributed by atoms with Crippen molar-refractivity contribution < 1.29 is 13.2 Å². The van der Waals surface area contributed by atoms with Gasteiger partial charge in [0.05, 0.1) is 5.69 Å². The van der Waals surface area contributed by atoms with E-state index in [0.717, 1.165) is 13.8 Å². The zero-order valence-corrected chi connectivity index (χ0v) is 9.10. The maximum atomic E-state index is 12.6. The molecule has 0 fully saturated rings. The van der Waals surface area contributed by atoms with Gasteiger partial charge in [0.1, 0.15) is 5.54 Å². The van der Waals surface area contributed by atoms with Crippen molar-refractivity contribution in [1.29, 1.82) is 0 Å². The van der Waals surface area contributed by atoms with Crippen molar-refractivity contribution in [3.05, 3.63) is 30.3 Å². The van der Waals surface area contributed by atoms with E-state index in [0.29, 0.717) is 10.1 Å². The summed E-state index contributed by atoms with van der Waals surface area (Å²) in [6.07, 6.45) is -4.38. The first-order valence-corrected chi connectivity index (χ1v) is 4.68. The first-order chi connectivity index (χ1) is 6.77. The minimum atomic E-state index is -4.38. The van der Waals surface area contributed by atoms with Gasteiger partial charge in [0.2, 0.25) is 0 Å². The third-order valence-electron chi connectivity index (χ3n) is 2.17. The molecule has 5 heteroatoms. The number of halogens is 4. The molecule has 0 aliphatic heterocycles. The summed E-state index contributed by atoms with van der Waals surface area (Å²) < 4.78 is 38.6. The molecule has 1 rings (SSSR count). The molecule has 0 N–H and O–H groups in total. The van der Waals surface area contributed by atoms with Gasteiger partial charge in [-0.2, -0.15) is 13.2 Å². The quantitative estimate of drug-likeness (QED) is 0.703. The Bertz CT molecular complexity index is 321. The Morgan fingerprint density at radius 3 is 1.93 bits per heavy atom. The van der Waals surface area contributed by atoms with Crippen LogP contribution in [0, 0.1) is 0 Å². The molecule has 1 aromatic rings. The van der Waals surface area contributed by atoms with E-state index in [1.807, 2.05) is 0 Å². The third-order valence-corrected chi connectivity index (χ3v) is 2.79. The van der Waals surface area contributed by atoms with Gasteiger partial charge >= 0.3 is 6.18 Å². The van der Waals surface area contributed by atoms with Crippen LogP contribution in [0.2, 0.25) is 0 Å². The lowest BCUT2D eigenvalue weighted by Crippen LogP contribution is -2.50. The number of benzene rings is 1. The molecule has 0 radical (unpaired) electrons. The van der Waals surface area contributed by atoms with Crippen LogP contribution >= 0.6 is 11.8 Å². The summed E-state index contributed by atoms with van der Waals surface area (Å²) in [5, 5.41) is 0. The molecular weight excluding hydrogens is 227 g/mol. The monoisotopic (exact) mass is 237 g/mol. The lowest BCUT2D eigenvalue weighted by Gasteiger charge is -2.35. The molecule has 0 aliphatic rings. The van der Waals surface area contributed by atoms with Gasteiger partial charge in [-0.1, -0.05) is 18.2 Å². The number of rotatable bonds is 2. The smallest absolute Gasteiger partial charge is 0.271 e. The van der Waals surface area contributed by atoms with E-state index in [9.17, 15) is 13.2 Å². The number of hydrogen-bond acceptors (Lipinski definition) is 1. The minimum Gasteiger partial charge on any atom is -0.271 e. The van der Waals surface area contributed by atoms with E-state index in [-0.39, 0.29) is 0 Å². The summed E-state index contributed by atoms with van der Waals surface area (Å²) in [6, 6.07) is 8.05. The van der Waals surface area contributed by atoms with Crippen molar-refractivity contribution in [2.24, 2.45) is 0 Å². The molecule has 15 heavy (non-hydrogen) atoms. The van der Waals surface area contributed by atoms with Crippen LogP contribution < -0.4 is 4.42 Å². The van der Waals surface area contributed by atoms with Crippen LogP contribution in [-0.4, -0.2) is 11.7 Å². The Kier molecular flexibility index (Phi) is 3.19. The number of nitrogens with zero attached hydrogens (tertiary/aromatic N) is 1. The van der Waals surface area contributed by atoms with Crippen molar-refractivity contribution in [1.82, 2.24) is 0 Å². The van der Waals surface area contributed by atoms with Gasteiger partial charge in [0, 0.05) is 11.8 Å². The van der Waals surface area contributed by atoms with Gasteiger partial charge in [-0.3, -0.25) is 4.42 Å². The SMILES string of the molecule is CC(C)(N(Cl)c1ccccc1)C(F)(F)F. The maximum absolute atomic E-state index is 12.6. The van der Waals surface area contributed by atoms with Crippen molar-refractivity contribution in [2.75, 3.05) is 4.42 Å². The Balaban J connectivity index is 3.00. The summed E-state index contributed by atoms with van der Waals surface area (Å²) in [5.74, 6) is 0. The number of para-hydroxylation sites is 1. The molecule has 84 valence electrons. The highest BCUT2D eigenvalue weighted by Crippen LogP contribution is 2.38. The molecule has 0 atom stereocenters. The van der Waals surface area contributed by atoms with Crippen LogP contribution in [0.5, 0.6) is 0 Å². The average Bonchev–Trinajstić information content (AvgIpc) is 2.16. The van der Waals surface area contributed by atoms with E-state index < -0.39 is 11.7 Å². The van der Waals surface area contributed by atoms with Gasteiger partial charge in [-0.25, -0.2) is 0 Å². The maximum Gasteiger partial charge on any atom is 0.412 e. The van der Waals surface area contributed by atoms with Crippen LogP contribution in [0.15, 0.2) is 30.3 Å². The number of anilines is 1. The van der Waals surface area contributed by atoms with Crippen molar-refractivity contribution >= 4 is 17.5 Å². The number of alkyl halides is 3. The molecule has 0 amide bonds. The molecule has 0 saturated carbocycles. The van der Waals surface area contributed by atoms with Crippen molar-refractivity contribution in [2.45, 2.75) is 25.6 Å². The van der Waals surface area contributed by atoms with E-state index in [1.165, 1.54) is 12.1 Å². The van der Waals surface area contributed by atoms with E-state index in [2.05, 4.69) is 0 Å². The van der Waals surface area contributed by atoms with Crippen LogP contribution in [0.25, 0.3) is 0 Å². The molecule has 0 saturated heterocycles. The lowest BCUT2D eigenvalue weighted by molar-refractivity contribution is -0.173. The summed E-state index contributed by atoms with van der Waals surface area (Å²) in [7, 11) is 0. The Labute approximate surface area is 91.6 Å². The second-order valence-corrected chi connectivity index (χ2v) is 4.01. The van der Waals surface area contributed by atoms with Gasteiger partial charge < -0.3 is 0 Å². The van der Waals surface area contributed by atoms with Crippen LogP contribution in [-0.2, 0) is 0 Å². The largest absolute Gasteiger partial charge is 0.412 e. The highest BCUT2D eigenvalue weighted by molar-refractivity contribution is 6.26. The Morgan fingerprint density at radius 1 is 1.07 bits per heavy atom. The Hall–Kier alpha value is -0.900. The predicted octanol–water partition coefficient (Wildman–Crippen LogP) is 3.99. The summed E-state index contributed by atoms with van der Waals surface area (Å²) in [5.41, 5.74) is -1.78. The fourth-order valence-corrected chi connectivity index (χ4v) is 1.20. The molecule has 0 bridgehead atoms. The lowest BCUT2D eigenvalue weighted by atomic mass is 10.0. The molecule has 0 heterocycles. The predicted molar refractivity (Wildman–Crippen MR) is 54.9 cm³/mol. The van der Waals surface area contributed by atoms with Crippen molar-refractivity contribution in [3.63, 3.8) is 0 Å². The first-order valence-electron chi connectivity index (χ1n) is 4.34. The normalized spacial score (nSPS) is 12.7. The van der Waals surface area contributed by atoms with Gasteiger partial charge in [-0.15, -0.1) is 0 Å². The Morgan fingerprint density at radius 2 is 1.53 bits per heavy atom. The standard InChI is InChI=1S/C10H11ClF3N/c1-9(2,10(12,13)14)15(11)8-6-4-3-5-7-8/h3-7H,1-2H3. The van der Waals surface area contributed by atoms with Crippen LogP contribution in [0.1, 0.15) is 13.8 Å². The van der Waals surface area contributed by atoms with E-state index in [1.54, 1.807) is 18.2 Å². The molecule has 1 aromatic carbocycles. The fraction of sp³-hybridized carbons (Fsp3) is 0.400. The molecule has 0 spiro atoms. The minimum absolute atomic E-state index is 0.321. The van der Waals surface area contributed by atoms with Gasteiger partial charge in [0.15, 0.2) is 0 Å². The molecule has 1 nitrogen and oxygen atoms in total. The topological polar surface area (TPSA) is 3.24 Å². The van der Waals surface area contributed by atoms with Gasteiger partial charge in [0.25, 0.3) is 0 Å². The summed E-state index contributed by atoms with van der Waals surface area (Å²) in [4.78, 5) is 0. The van der Waals surface area contributed by atoms with E-state index >= 15 is 0 Å². The second kappa shape index (κ2) is 3.93. The third kappa shape index (κ3) is 2.37. The molecule has 0 unspecified atom stereocenters. The first kappa shape index (κ1) is 12.2. The summed E-state index contributed by atoms with van der Waals surface area (Å²) >= 11 is 5.70. The van der Waals surface area contributed by atoms with Gasteiger partial charge in [-0.05, 0) is 26.0 Å². The second-order valence-electron chi connectivity index (χ2n) is 3.67. The van der Waals surface area contributed by atoms with Crippen LogP contribution in [0.4, 0.5) is 18.9 Å². The zero-order chi connectivity index (χ0) is 11.7. The molecular formula is C10H11ClF3N. The summed E-state index contributed by atoms with van der Waals surface area (Å²) in [6.45, 7) is 2.07. The average molecular weight is 238 g/mol. The van der Waals surface area contributed by atoms with Crippen LogP contribution in [0.3, 0.4) is 0 Å². The fourth-order valence-electron chi connectivity index (χ4n) is 0.993. The highest BCUT2D eigenvalue weighted by Gasteiger charge is 2.51. The van der Waals surface area contributed by atoms with Crippen molar-refractivity contribution in [3.8, 4) is 0 Å². The number of hydrogen-bond donors (Lipinski definition) is 0.